The second kappa shape index (κ2) is 4.73. The van der Waals surface area contributed by atoms with Crippen molar-refractivity contribution >= 4 is 61.1 Å². The predicted molar refractivity (Wildman–Crippen MR) is 66.3 cm³/mol. The first-order valence-corrected chi connectivity index (χ1v) is 6.15. The first-order chi connectivity index (χ1) is 6.29. The summed E-state index contributed by atoms with van der Waals surface area (Å²) in [5.74, 6) is -0.200. The maximum atomic E-state index is 11.9. The molecule has 7 heteroatoms. The van der Waals surface area contributed by atoms with Gasteiger partial charge >= 0.3 is 6.36 Å². The van der Waals surface area contributed by atoms with Crippen LogP contribution in [0.4, 0.5) is 13.2 Å². The summed E-state index contributed by atoms with van der Waals surface area (Å²) < 4.78 is 41.5. The molecule has 1 rings (SSSR count). The molecule has 14 heavy (non-hydrogen) atoms. The van der Waals surface area contributed by atoms with E-state index in [9.17, 15) is 13.2 Å². The Morgan fingerprint density at radius 2 is 1.57 bits per heavy atom. The van der Waals surface area contributed by atoms with E-state index in [2.05, 4.69) is 20.7 Å². The molecule has 1 aromatic carbocycles. The average molecular weight is 493 g/mol. The second-order valence-electron chi connectivity index (χ2n) is 2.25. The Labute approximate surface area is 114 Å². The van der Waals surface area contributed by atoms with Crippen molar-refractivity contribution in [1.29, 1.82) is 0 Å². The molecule has 0 fully saturated rings. The molecular weight excluding hydrogens is 491 g/mol. The van der Waals surface area contributed by atoms with Crippen molar-refractivity contribution in [3.8, 4) is 5.75 Å². The second-order valence-corrected chi connectivity index (χ2v) is 5.37. The Kier molecular flexibility index (Phi) is 4.33. The first kappa shape index (κ1) is 12.8. The Morgan fingerprint density at radius 1 is 1.14 bits per heavy atom. The molecule has 78 valence electrons. The SMILES string of the molecule is FC(F)(F)Oc1cc(I)c(Br)c(I)c1. The maximum Gasteiger partial charge on any atom is 0.573 e. The zero-order chi connectivity index (χ0) is 10.9. The number of ether oxygens (including phenoxy) is 1. The molecule has 0 saturated carbocycles. The van der Waals surface area contributed by atoms with Gasteiger partial charge in [-0.15, -0.1) is 13.2 Å². The number of hydrogen-bond donors (Lipinski definition) is 0. The van der Waals surface area contributed by atoms with Gasteiger partial charge in [0.15, 0.2) is 0 Å². The minimum absolute atomic E-state index is 0.200. The smallest absolute Gasteiger partial charge is 0.406 e. The van der Waals surface area contributed by atoms with Gasteiger partial charge in [0, 0.05) is 11.6 Å². The number of rotatable bonds is 1. The van der Waals surface area contributed by atoms with E-state index in [-0.39, 0.29) is 5.75 Å². The van der Waals surface area contributed by atoms with E-state index in [4.69, 9.17) is 0 Å². The van der Waals surface area contributed by atoms with Crippen LogP contribution < -0.4 is 4.74 Å². The van der Waals surface area contributed by atoms with Gasteiger partial charge in [-0.25, -0.2) is 0 Å². The van der Waals surface area contributed by atoms with Gasteiger partial charge in [-0.3, -0.25) is 0 Å². The number of halogens is 6. The maximum absolute atomic E-state index is 11.9. The molecule has 0 aliphatic heterocycles. The van der Waals surface area contributed by atoms with Crippen molar-refractivity contribution in [2.24, 2.45) is 0 Å². The van der Waals surface area contributed by atoms with Crippen LogP contribution in [-0.2, 0) is 0 Å². The molecule has 0 spiro atoms. The number of benzene rings is 1. The van der Waals surface area contributed by atoms with E-state index in [0.29, 0.717) is 7.14 Å². The minimum Gasteiger partial charge on any atom is -0.406 e. The molecule has 0 aliphatic rings. The van der Waals surface area contributed by atoms with Crippen molar-refractivity contribution in [2.45, 2.75) is 6.36 Å². The fourth-order valence-electron chi connectivity index (χ4n) is 0.725. The highest BCUT2D eigenvalue weighted by atomic mass is 127. The fourth-order valence-corrected chi connectivity index (χ4v) is 2.66. The lowest BCUT2D eigenvalue weighted by Gasteiger charge is -2.10. The topological polar surface area (TPSA) is 9.23 Å². The third kappa shape index (κ3) is 3.72. The Morgan fingerprint density at radius 3 is 1.93 bits per heavy atom. The third-order valence-electron chi connectivity index (χ3n) is 1.19. The minimum atomic E-state index is -4.64. The normalized spacial score (nSPS) is 11.6. The van der Waals surface area contributed by atoms with Gasteiger partial charge in [-0.1, -0.05) is 0 Å². The van der Waals surface area contributed by atoms with Gasteiger partial charge < -0.3 is 4.74 Å². The molecule has 0 aromatic heterocycles. The summed E-state index contributed by atoms with van der Waals surface area (Å²) in [4.78, 5) is 0. The molecule has 0 saturated heterocycles. The van der Waals surface area contributed by atoms with Crippen molar-refractivity contribution in [3.63, 3.8) is 0 Å². The molecule has 0 aliphatic carbocycles. The molecule has 0 bridgehead atoms. The van der Waals surface area contributed by atoms with E-state index in [1.807, 2.05) is 45.2 Å². The van der Waals surface area contributed by atoms with Crippen LogP contribution in [0.2, 0.25) is 0 Å². The largest absolute Gasteiger partial charge is 0.573 e. The van der Waals surface area contributed by atoms with Crippen LogP contribution in [0.15, 0.2) is 16.6 Å². The van der Waals surface area contributed by atoms with Crippen LogP contribution in [0.1, 0.15) is 0 Å². The molecule has 1 aromatic rings. The van der Waals surface area contributed by atoms with E-state index in [0.717, 1.165) is 4.47 Å². The molecule has 0 heterocycles. The van der Waals surface area contributed by atoms with E-state index >= 15 is 0 Å². The van der Waals surface area contributed by atoms with Crippen LogP contribution in [0.3, 0.4) is 0 Å². The zero-order valence-electron chi connectivity index (χ0n) is 6.33. The molecule has 0 amide bonds. The molecule has 0 radical (unpaired) electrons. The van der Waals surface area contributed by atoms with Crippen molar-refractivity contribution in [2.75, 3.05) is 0 Å². The van der Waals surface area contributed by atoms with Gasteiger partial charge in [-0.2, -0.15) is 0 Å². The number of alkyl halides is 3. The van der Waals surface area contributed by atoms with Crippen molar-refractivity contribution < 1.29 is 17.9 Å². The third-order valence-corrected chi connectivity index (χ3v) is 5.23. The van der Waals surface area contributed by atoms with Gasteiger partial charge in [0.25, 0.3) is 0 Å². The predicted octanol–water partition coefficient (Wildman–Crippen LogP) is 4.56. The quantitative estimate of drug-likeness (QED) is 0.413. The molecule has 0 atom stereocenters. The Hall–Kier alpha value is 0.750. The van der Waals surface area contributed by atoms with Gasteiger partial charge in [-0.05, 0) is 73.2 Å². The van der Waals surface area contributed by atoms with E-state index in [1.165, 1.54) is 12.1 Å². The summed E-state index contributed by atoms with van der Waals surface area (Å²) in [5, 5.41) is 0. The summed E-state index contributed by atoms with van der Waals surface area (Å²) in [7, 11) is 0. The summed E-state index contributed by atoms with van der Waals surface area (Å²) in [5.41, 5.74) is 0. The fraction of sp³-hybridized carbons (Fsp3) is 0.143. The van der Waals surface area contributed by atoms with Gasteiger partial charge in [0.2, 0.25) is 0 Å². The average Bonchev–Trinajstić information content (AvgIpc) is 1.96. The van der Waals surface area contributed by atoms with Crippen molar-refractivity contribution in [3.05, 3.63) is 23.7 Å². The van der Waals surface area contributed by atoms with Crippen LogP contribution >= 0.6 is 61.1 Å². The standard InChI is InChI=1S/C7H2BrF3I2O/c8-6-4(12)1-3(2-5(6)13)14-7(9,10)11/h1-2H. The highest BCUT2D eigenvalue weighted by Crippen LogP contribution is 2.32. The van der Waals surface area contributed by atoms with Crippen molar-refractivity contribution in [1.82, 2.24) is 0 Å². The molecule has 0 unspecified atom stereocenters. The lowest BCUT2D eigenvalue weighted by molar-refractivity contribution is -0.274. The Bertz CT molecular complexity index is 330. The lowest BCUT2D eigenvalue weighted by atomic mass is 10.3. The monoisotopic (exact) mass is 492 g/mol. The first-order valence-electron chi connectivity index (χ1n) is 3.20. The zero-order valence-corrected chi connectivity index (χ0v) is 12.2. The molecule has 1 nitrogen and oxygen atoms in total. The van der Waals surface area contributed by atoms with Gasteiger partial charge in [0.05, 0.1) is 0 Å². The van der Waals surface area contributed by atoms with Crippen LogP contribution in [0.5, 0.6) is 5.75 Å². The number of hydrogen-bond acceptors (Lipinski definition) is 1. The molecule has 0 N–H and O–H groups in total. The summed E-state index contributed by atoms with van der Waals surface area (Å²) >= 11 is 7.10. The van der Waals surface area contributed by atoms with Gasteiger partial charge in [0.1, 0.15) is 5.75 Å². The van der Waals surface area contributed by atoms with Crippen LogP contribution in [-0.4, -0.2) is 6.36 Å². The lowest BCUT2D eigenvalue weighted by Crippen LogP contribution is -2.17. The highest BCUT2D eigenvalue weighted by molar-refractivity contribution is 14.1. The van der Waals surface area contributed by atoms with Crippen LogP contribution in [0, 0.1) is 7.14 Å². The molecular formula is C7H2BrF3I2O. The summed E-state index contributed by atoms with van der Waals surface area (Å²) in [6.07, 6.45) is -4.64. The van der Waals surface area contributed by atoms with E-state index in [1.54, 1.807) is 0 Å². The highest BCUT2D eigenvalue weighted by Gasteiger charge is 2.31. The summed E-state index contributed by atoms with van der Waals surface area (Å²) in [6.45, 7) is 0. The van der Waals surface area contributed by atoms with Crippen LogP contribution in [0.25, 0.3) is 0 Å². The van der Waals surface area contributed by atoms with E-state index < -0.39 is 6.36 Å². The summed E-state index contributed by atoms with van der Waals surface area (Å²) in [6, 6.07) is 2.64. The Balaban J connectivity index is 3.02.